The Bertz CT molecular complexity index is 2830. The van der Waals surface area contributed by atoms with Crippen LogP contribution in [0.4, 0.5) is 17.1 Å². The van der Waals surface area contributed by atoms with Crippen molar-refractivity contribution >= 4 is 60.9 Å². The lowest BCUT2D eigenvalue weighted by molar-refractivity contribution is 0.668. The third kappa shape index (κ3) is 4.98. The molecule has 8 aromatic carbocycles. The van der Waals surface area contributed by atoms with E-state index in [4.69, 9.17) is 8.83 Å². The highest BCUT2D eigenvalue weighted by molar-refractivity contribution is 6.16. The molecule has 240 valence electrons. The van der Waals surface area contributed by atoms with Crippen LogP contribution in [0.5, 0.6) is 0 Å². The zero-order valence-electron chi connectivity index (χ0n) is 27.7. The van der Waals surface area contributed by atoms with E-state index in [-0.39, 0.29) is 0 Å². The molecule has 0 saturated carbocycles. The molecule has 0 saturated heterocycles. The Labute approximate surface area is 295 Å². The number of hydrogen-bond donors (Lipinski definition) is 0. The molecule has 0 atom stereocenters. The Kier molecular flexibility index (Phi) is 6.81. The smallest absolute Gasteiger partial charge is 0.136 e. The zero-order chi connectivity index (χ0) is 33.7. The number of hydrogen-bond acceptors (Lipinski definition) is 3. The van der Waals surface area contributed by atoms with E-state index in [1.165, 1.54) is 22.3 Å². The molecule has 0 fully saturated rings. The normalized spacial score (nSPS) is 11.5. The van der Waals surface area contributed by atoms with Gasteiger partial charge in [0.15, 0.2) is 0 Å². The molecular formula is C48H31NO2. The number of furan rings is 2. The number of benzene rings is 8. The molecule has 0 amide bonds. The lowest BCUT2D eigenvalue weighted by Crippen LogP contribution is -2.11. The van der Waals surface area contributed by atoms with Crippen LogP contribution in [-0.2, 0) is 0 Å². The maximum atomic E-state index is 6.48. The van der Waals surface area contributed by atoms with Crippen molar-refractivity contribution in [3.05, 3.63) is 188 Å². The molecule has 0 N–H and O–H groups in total. The van der Waals surface area contributed by atoms with Crippen LogP contribution >= 0.6 is 0 Å². The van der Waals surface area contributed by atoms with Crippen LogP contribution in [-0.4, -0.2) is 0 Å². The lowest BCUT2D eigenvalue weighted by atomic mass is 9.94. The third-order valence-electron chi connectivity index (χ3n) is 9.89. The molecule has 0 aliphatic carbocycles. The van der Waals surface area contributed by atoms with E-state index in [9.17, 15) is 0 Å². The van der Waals surface area contributed by atoms with Crippen molar-refractivity contribution in [2.45, 2.75) is 0 Å². The fourth-order valence-corrected chi connectivity index (χ4v) is 7.46. The van der Waals surface area contributed by atoms with Gasteiger partial charge >= 0.3 is 0 Å². The van der Waals surface area contributed by atoms with Gasteiger partial charge in [0.2, 0.25) is 0 Å². The number of para-hydroxylation sites is 2. The SMILES string of the molecule is c1ccc(-c2ccc(-c3c(N(c4ccc(-c5ccccc5)cc4)c4ccc5oc6ccccc6c5c4)ccc4oc5ccccc5c34)cc2)cc1. The Hall–Kier alpha value is -6.84. The Morgan fingerprint density at radius 1 is 0.314 bits per heavy atom. The van der Waals surface area contributed by atoms with Gasteiger partial charge in [0.25, 0.3) is 0 Å². The zero-order valence-corrected chi connectivity index (χ0v) is 27.7. The van der Waals surface area contributed by atoms with E-state index >= 15 is 0 Å². The first-order chi connectivity index (χ1) is 25.3. The molecule has 2 heterocycles. The van der Waals surface area contributed by atoms with Crippen LogP contribution < -0.4 is 4.90 Å². The van der Waals surface area contributed by atoms with Gasteiger partial charge in [-0.2, -0.15) is 0 Å². The van der Waals surface area contributed by atoms with Crippen molar-refractivity contribution in [3.8, 4) is 33.4 Å². The van der Waals surface area contributed by atoms with E-state index < -0.39 is 0 Å². The summed E-state index contributed by atoms with van der Waals surface area (Å²) < 4.78 is 12.8. The number of nitrogens with zero attached hydrogens (tertiary/aromatic N) is 1. The first-order valence-electron chi connectivity index (χ1n) is 17.3. The van der Waals surface area contributed by atoms with Gasteiger partial charge in [-0.1, -0.05) is 133 Å². The Morgan fingerprint density at radius 3 is 1.47 bits per heavy atom. The molecule has 0 aliphatic heterocycles. The molecule has 2 aromatic heterocycles. The van der Waals surface area contributed by atoms with E-state index in [1.807, 2.05) is 18.2 Å². The summed E-state index contributed by atoms with van der Waals surface area (Å²) >= 11 is 0. The molecule has 51 heavy (non-hydrogen) atoms. The molecule has 0 aliphatic rings. The topological polar surface area (TPSA) is 29.5 Å². The second-order valence-corrected chi connectivity index (χ2v) is 12.9. The molecule has 10 rings (SSSR count). The van der Waals surface area contributed by atoms with Crippen LogP contribution in [0, 0.1) is 0 Å². The summed E-state index contributed by atoms with van der Waals surface area (Å²) in [6, 6.07) is 66.3. The molecule has 0 bridgehead atoms. The number of fused-ring (bicyclic) bond motifs is 6. The van der Waals surface area contributed by atoms with E-state index in [1.54, 1.807) is 0 Å². The number of anilines is 3. The van der Waals surface area contributed by atoms with Gasteiger partial charge < -0.3 is 13.7 Å². The van der Waals surface area contributed by atoms with Crippen LogP contribution in [0.3, 0.4) is 0 Å². The van der Waals surface area contributed by atoms with Gasteiger partial charge in [0, 0.05) is 38.5 Å². The van der Waals surface area contributed by atoms with E-state index in [0.29, 0.717) is 0 Å². The van der Waals surface area contributed by atoms with Crippen molar-refractivity contribution in [3.63, 3.8) is 0 Å². The maximum Gasteiger partial charge on any atom is 0.136 e. The molecule has 0 spiro atoms. The molecule has 10 aromatic rings. The highest BCUT2D eigenvalue weighted by Gasteiger charge is 2.23. The van der Waals surface area contributed by atoms with E-state index in [2.05, 4.69) is 175 Å². The van der Waals surface area contributed by atoms with Crippen LogP contribution in [0.25, 0.3) is 77.3 Å². The molecule has 3 heteroatoms. The molecular weight excluding hydrogens is 623 g/mol. The van der Waals surface area contributed by atoms with E-state index in [0.717, 1.165) is 72.1 Å². The van der Waals surface area contributed by atoms with Crippen molar-refractivity contribution < 1.29 is 8.83 Å². The fourth-order valence-electron chi connectivity index (χ4n) is 7.46. The fraction of sp³-hybridized carbons (Fsp3) is 0. The van der Waals surface area contributed by atoms with Gasteiger partial charge in [0.1, 0.15) is 22.3 Å². The van der Waals surface area contributed by atoms with Gasteiger partial charge in [0.05, 0.1) is 5.69 Å². The number of rotatable bonds is 6. The van der Waals surface area contributed by atoms with Crippen molar-refractivity contribution in [1.29, 1.82) is 0 Å². The van der Waals surface area contributed by atoms with Gasteiger partial charge in [-0.25, -0.2) is 0 Å². The molecule has 3 nitrogen and oxygen atoms in total. The van der Waals surface area contributed by atoms with Crippen LogP contribution in [0.2, 0.25) is 0 Å². The second-order valence-electron chi connectivity index (χ2n) is 12.9. The Balaban J connectivity index is 1.24. The van der Waals surface area contributed by atoms with Crippen LogP contribution in [0.15, 0.2) is 197 Å². The van der Waals surface area contributed by atoms with Gasteiger partial charge in [-0.15, -0.1) is 0 Å². The summed E-state index contributed by atoms with van der Waals surface area (Å²) in [5, 5.41) is 4.36. The lowest BCUT2D eigenvalue weighted by Gasteiger charge is -2.28. The highest BCUT2D eigenvalue weighted by atomic mass is 16.3. The van der Waals surface area contributed by atoms with Gasteiger partial charge in [-0.05, 0) is 82.4 Å². The van der Waals surface area contributed by atoms with Crippen LogP contribution in [0.1, 0.15) is 0 Å². The minimum absolute atomic E-state index is 0.859. The first kappa shape index (κ1) is 29.1. The standard InChI is InChI=1S/C48H31NO2/c1-3-11-32(12-4-1)34-19-21-36(22-20-34)47-42(28-30-46-48(47)40-16-8-10-18-44(40)51-46)49(37-25-23-35(24-26-37)33-13-5-2-6-14-33)38-27-29-45-41(31-38)39-15-7-9-17-43(39)50-45/h1-31H. The summed E-state index contributed by atoms with van der Waals surface area (Å²) in [5.74, 6) is 0. The third-order valence-corrected chi connectivity index (χ3v) is 9.89. The predicted octanol–water partition coefficient (Wildman–Crippen LogP) is 14.0. The summed E-state index contributed by atoms with van der Waals surface area (Å²) in [7, 11) is 0. The van der Waals surface area contributed by atoms with Crippen molar-refractivity contribution in [1.82, 2.24) is 0 Å². The predicted molar refractivity (Wildman–Crippen MR) is 212 cm³/mol. The van der Waals surface area contributed by atoms with Gasteiger partial charge in [-0.3, -0.25) is 0 Å². The average molecular weight is 654 g/mol. The minimum Gasteiger partial charge on any atom is -0.456 e. The quantitative estimate of drug-likeness (QED) is 0.179. The summed E-state index contributed by atoms with van der Waals surface area (Å²) in [4.78, 5) is 2.37. The average Bonchev–Trinajstić information content (AvgIpc) is 3.77. The summed E-state index contributed by atoms with van der Waals surface area (Å²) in [5.41, 5.74) is 13.6. The van der Waals surface area contributed by atoms with Crippen molar-refractivity contribution in [2.24, 2.45) is 0 Å². The maximum absolute atomic E-state index is 6.48. The largest absolute Gasteiger partial charge is 0.456 e. The second kappa shape index (κ2) is 11.9. The molecule has 0 unspecified atom stereocenters. The van der Waals surface area contributed by atoms with Crippen molar-refractivity contribution in [2.75, 3.05) is 4.90 Å². The summed E-state index contributed by atoms with van der Waals surface area (Å²) in [6.07, 6.45) is 0. The highest BCUT2D eigenvalue weighted by Crippen LogP contribution is 2.48. The minimum atomic E-state index is 0.859. The summed E-state index contributed by atoms with van der Waals surface area (Å²) in [6.45, 7) is 0. The first-order valence-corrected chi connectivity index (χ1v) is 17.3. The Morgan fingerprint density at radius 2 is 0.784 bits per heavy atom. The molecule has 0 radical (unpaired) electrons. The monoisotopic (exact) mass is 653 g/mol.